The molecule has 1 heterocycles. The van der Waals surface area contributed by atoms with Gasteiger partial charge in [0.05, 0.1) is 29.4 Å². The van der Waals surface area contributed by atoms with Crippen LogP contribution in [0.25, 0.3) is 0 Å². The molecular formula is C13H15F2N5O3. The van der Waals surface area contributed by atoms with E-state index in [4.69, 9.17) is 5.11 Å². The second kappa shape index (κ2) is 7.49. The number of imidazole rings is 1. The number of nitrogens with zero attached hydrogens (tertiary/aromatic N) is 3. The highest BCUT2D eigenvalue weighted by Crippen LogP contribution is 2.27. The SMILES string of the molecule is O=[N+]([O-])c1ccc(NCCO)c(NCc2nccn2C(F)F)c1. The molecule has 0 saturated carbocycles. The van der Waals surface area contributed by atoms with Crippen LogP contribution in [-0.2, 0) is 6.54 Å². The van der Waals surface area contributed by atoms with Crippen molar-refractivity contribution in [2.24, 2.45) is 0 Å². The minimum atomic E-state index is -2.72. The van der Waals surface area contributed by atoms with Crippen molar-refractivity contribution in [1.82, 2.24) is 9.55 Å². The molecule has 0 amide bonds. The number of alkyl halides is 2. The second-order valence-electron chi connectivity index (χ2n) is 4.52. The quantitative estimate of drug-likeness (QED) is 0.507. The smallest absolute Gasteiger partial charge is 0.319 e. The number of hydrogen-bond acceptors (Lipinski definition) is 6. The number of nitro benzene ring substituents is 1. The molecule has 0 aliphatic heterocycles. The maximum absolute atomic E-state index is 12.8. The number of aromatic nitrogens is 2. The van der Waals surface area contributed by atoms with Gasteiger partial charge in [-0.25, -0.2) is 4.98 Å². The summed E-state index contributed by atoms with van der Waals surface area (Å²) in [7, 11) is 0. The van der Waals surface area contributed by atoms with E-state index in [0.29, 0.717) is 15.9 Å². The summed E-state index contributed by atoms with van der Waals surface area (Å²) < 4.78 is 26.2. The molecule has 23 heavy (non-hydrogen) atoms. The summed E-state index contributed by atoms with van der Waals surface area (Å²) in [4.78, 5) is 14.1. The fourth-order valence-electron chi connectivity index (χ4n) is 1.97. The Kier molecular flexibility index (Phi) is 5.41. The molecule has 3 N–H and O–H groups in total. The molecule has 124 valence electrons. The Balaban J connectivity index is 2.20. The number of aliphatic hydroxyl groups excluding tert-OH is 1. The summed E-state index contributed by atoms with van der Waals surface area (Å²) in [6.07, 6.45) is 2.40. The van der Waals surface area contributed by atoms with Gasteiger partial charge in [0.2, 0.25) is 0 Å². The zero-order chi connectivity index (χ0) is 16.8. The zero-order valence-corrected chi connectivity index (χ0v) is 11.9. The topological polar surface area (TPSA) is 105 Å². The maximum Gasteiger partial charge on any atom is 0.319 e. The minimum absolute atomic E-state index is 0.0354. The molecule has 10 heteroatoms. The van der Waals surface area contributed by atoms with Crippen LogP contribution in [0.1, 0.15) is 12.4 Å². The van der Waals surface area contributed by atoms with Crippen molar-refractivity contribution < 1.29 is 18.8 Å². The van der Waals surface area contributed by atoms with Crippen molar-refractivity contribution in [3.8, 4) is 0 Å². The molecule has 0 fully saturated rings. The largest absolute Gasteiger partial charge is 0.395 e. The standard InChI is InChI=1S/C13H15F2N5O3/c14-13(15)19-5-3-17-12(19)8-18-11-7-9(20(22)23)1-2-10(11)16-4-6-21/h1-3,5,7,13,16,18,21H,4,6,8H2. The van der Waals surface area contributed by atoms with E-state index in [1.807, 2.05) is 0 Å². The highest BCUT2D eigenvalue weighted by molar-refractivity contribution is 5.71. The van der Waals surface area contributed by atoms with Gasteiger partial charge in [-0.05, 0) is 6.07 Å². The first kappa shape index (κ1) is 16.6. The molecule has 0 spiro atoms. The number of benzene rings is 1. The van der Waals surface area contributed by atoms with Crippen LogP contribution in [0.5, 0.6) is 0 Å². The van der Waals surface area contributed by atoms with E-state index >= 15 is 0 Å². The maximum atomic E-state index is 12.8. The van der Waals surface area contributed by atoms with E-state index in [1.165, 1.54) is 24.4 Å². The number of halogens is 2. The lowest BCUT2D eigenvalue weighted by Crippen LogP contribution is -2.12. The van der Waals surface area contributed by atoms with Crippen LogP contribution in [0.4, 0.5) is 25.8 Å². The van der Waals surface area contributed by atoms with E-state index in [1.54, 1.807) is 0 Å². The van der Waals surface area contributed by atoms with Crippen molar-refractivity contribution in [3.63, 3.8) is 0 Å². The molecule has 2 aromatic rings. The summed E-state index contributed by atoms with van der Waals surface area (Å²) >= 11 is 0. The molecule has 0 radical (unpaired) electrons. The van der Waals surface area contributed by atoms with Gasteiger partial charge in [-0.2, -0.15) is 8.78 Å². The predicted molar refractivity (Wildman–Crippen MR) is 79.5 cm³/mol. The number of rotatable bonds is 8. The molecule has 0 saturated heterocycles. The molecule has 8 nitrogen and oxygen atoms in total. The molecule has 0 aliphatic rings. The average molecular weight is 327 g/mol. The molecule has 0 aliphatic carbocycles. The Bertz CT molecular complexity index is 677. The van der Waals surface area contributed by atoms with Crippen LogP contribution >= 0.6 is 0 Å². The highest BCUT2D eigenvalue weighted by Gasteiger charge is 2.14. The number of non-ortho nitro benzene ring substituents is 1. The van der Waals surface area contributed by atoms with Gasteiger partial charge in [0.1, 0.15) is 5.82 Å². The molecule has 1 aromatic heterocycles. The van der Waals surface area contributed by atoms with Crippen molar-refractivity contribution in [2.45, 2.75) is 13.1 Å². The van der Waals surface area contributed by atoms with Gasteiger partial charge in [0.25, 0.3) is 5.69 Å². The first-order valence-corrected chi connectivity index (χ1v) is 6.70. The van der Waals surface area contributed by atoms with Crippen molar-refractivity contribution in [3.05, 3.63) is 46.5 Å². The van der Waals surface area contributed by atoms with E-state index < -0.39 is 11.5 Å². The number of anilines is 2. The molecule has 0 bridgehead atoms. The molecular weight excluding hydrogens is 312 g/mol. The van der Waals surface area contributed by atoms with E-state index in [2.05, 4.69) is 15.6 Å². The van der Waals surface area contributed by atoms with E-state index in [9.17, 15) is 18.9 Å². The van der Waals surface area contributed by atoms with Crippen molar-refractivity contribution >= 4 is 17.1 Å². The first-order chi connectivity index (χ1) is 11.0. The van der Waals surface area contributed by atoms with Crippen LogP contribution in [0.2, 0.25) is 0 Å². The van der Waals surface area contributed by atoms with Gasteiger partial charge >= 0.3 is 6.55 Å². The normalized spacial score (nSPS) is 10.8. The molecule has 2 rings (SSSR count). The third-order valence-electron chi connectivity index (χ3n) is 3.04. The van der Waals surface area contributed by atoms with Crippen molar-refractivity contribution in [2.75, 3.05) is 23.8 Å². The monoisotopic (exact) mass is 327 g/mol. The van der Waals surface area contributed by atoms with E-state index in [0.717, 1.165) is 6.20 Å². The Morgan fingerprint density at radius 1 is 1.35 bits per heavy atom. The van der Waals surface area contributed by atoms with Crippen molar-refractivity contribution in [1.29, 1.82) is 0 Å². The highest BCUT2D eigenvalue weighted by atomic mass is 19.3. The number of aliphatic hydroxyl groups is 1. The lowest BCUT2D eigenvalue weighted by atomic mass is 10.2. The second-order valence-corrected chi connectivity index (χ2v) is 4.52. The lowest BCUT2D eigenvalue weighted by Gasteiger charge is -2.14. The fourth-order valence-corrected chi connectivity index (χ4v) is 1.97. The third kappa shape index (κ3) is 4.13. The van der Waals surface area contributed by atoms with Crippen LogP contribution < -0.4 is 10.6 Å². The van der Waals surface area contributed by atoms with Crippen LogP contribution in [0.3, 0.4) is 0 Å². The molecule has 1 aromatic carbocycles. The van der Waals surface area contributed by atoms with Gasteiger partial charge in [-0.1, -0.05) is 0 Å². The van der Waals surface area contributed by atoms with Gasteiger partial charge in [-0.3, -0.25) is 14.7 Å². The number of nitro groups is 1. The summed E-state index contributed by atoms with van der Waals surface area (Å²) in [5.41, 5.74) is 0.732. The van der Waals surface area contributed by atoms with Gasteiger partial charge in [0.15, 0.2) is 0 Å². The molecule has 0 unspecified atom stereocenters. The Morgan fingerprint density at radius 3 is 2.78 bits per heavy atom. The summed E-state index contributed by atoms with van der Waals surface area (Å²) in [5, 5.41) is 25.4. The minimum Gasteiger partial charge on any atom is -0.395 e. The third-order valence-corrected chi connectivity index (χ3v) is 3.04. The Labute approximate surface area is 129 Å². The van der Waals surface area contributed by atoms with Crippen LogP contribution in [0.15, 0.2) is 30.6 Å². The summed E-state index contributed by atoms with van der Waals surface area (Å²) in [6.45, 7) is -2.62. The van der Waals surface area contributed by atoms with Gasteiger partial charge in [0, 0.05) is 31.1 Å². The van der Waals surface area contributed by atoms with Gasteiger partial charge in [-0.15, -0.1) is 0 Å². The summed E-state index contributed by atoms with van der Waals surface area (Å²) in [6, 6.07) is 4.08. The first-order valence-electron chi connectivity index (χ1n) is 6.70. The van der Waals surface area contributed by atoms with Crippen LogP contribution in [-0.4, -0.2) is 32.7 Å². The Morgan fingerprint density at radius 2 is 2.13 bits per heavy atom. The summed E-state index contributed by atoms with van der Waals surface area (Å²) in [5.74, 6) is 0.0969. The average Bonchev–Trinajstić information content (AvgIpc) is 2.99. The number of hydrogen-bond donors (Lipinski definition) is 3. The molecule has 0 atom stereocenters. The lowest BCUT2D eigenvalue weighted by molar-refractivity contribution is -0.384. The fraction of sp³-hybridized carbons (Fsp3) is 0.308. The predicted octanol–water partition coefficient (Wildman–Crippen LogP) is 2.20. The number of nitrogens with one attached hydrogen (secondary N) is 2. The van der Waals surface area contributed by atoms with Gasteiger partial charge < -0.3 is 15.7 Å². The Hall–Kier alpha value is -2.75. The van der Waals surface area contributed by atoms with Crippen LogP contribution in [0, 0.1) is 10.1 Å². The van der Waals surface area contributed by atoms with E-state index in [-0.39, 0.29) is 31.2 Å². The zero-order valence-electron chi connectivity index (χ0n) is 11.9.